The Hall–Kier alpha value is -0.900. The zero-order valence-electron chi connectivity index (χ0n) is 18.1. The molecule has 0 radical (unpaired) electrons. The van der Waals surface area contributed by atoms with E-state index in [0.717, 1.165) is 54.9 Å². The molecule has 1 heterocycles. The molecule has 5 rings (SSSR count). The smallest absolute Gasteiger partial charge is 0.0692 e. The van der Waals surface area contributed by atoms with Gasteiger partial charge in [0, 0.05) is 12.7 Å². The predicted molar refractivity (Wildman–Crippen MR) is 110 cm³/mol. The summed E-state index contributed by atoms with van der Waals surface area (Å²) in [5.41, 5.74) is 0.126. The predicted octanol–water partition coefficient (Wildman–Crippen LogP) is 4.93. The van der Waals surface area contributed by atoms with Crippen LogP contribution in [0.2, 0.25) is 0 Å². The summed E-state index contributed by atoms with van der Waals surface area (Å²) >= 11 is 0. The Kier molecular flexibility index (Phi) is 4.65. The summed E-state index contributed by atoms with van der Waals surface area (Å²) in [6.07, 6.45) is 15.7. The Bertz CT molecular complexity index is 686. The molecule has 0 bridgehead atoms. The number of hydrogen-bond acceptors (Lipinski definition) is 3. The highest BCUT2D eigenvalue weighted by molar-refractivity contribution is 5.07. The van der Waals surface area contributed by atoms with Gasteiger partial charge in [-0.1, -0.05) is 19.1 Å². The minimum Gasteiger partial charge on any atom is -0.390 e. The Morgan fingerprint density at radius 1 is 1.04 bits per heavy atom. The van der Waals surface area contributed by atoms with Crippen molar-refractivity contribution < 1.29 is 5.11 Å². The second-order valence-electron chi connectivity index (χ2n) is 11.5. The van der Waals surface area contributed by atoms with Gasteiger partial charge in [0.25, 0.3) is 0 Å². The van der Waals surface area contributed by atoms with Crippen LogP contribution in [0, 0.1) is 46.8 Å². The van der Waals surface area contributed by atoms with E-state index in [1.165, 1.54) is 44.9 Å². The molecule has 0 saturated heterocycles. The van der Waals surface area contributed by atoms with Gasteiger partial charge >= 0.3 is 0 Å². The van der Waals surface area contributed by atoms with E-state index < -0.39 is 5.60 Å². The van der Waals surface area contributed by atoms with Gasteiger partial charge in [0.1, 0.15) is 0 Å². The van der Waals surface area contributed by atoms with Crippen molar-refractivity contribution in [1.82, 2.24) is 15.0 Å². The lowest BCUT2D eigenvalue weighted by Crippen LogP contribution is -2.51. The van der Waals surface area contributed by atoms with E-state index >= 15 is 0 Å². The highest BCUT2D eigenvalue weighted by atomic mass is 16.3. The summed E-state index contributed by atoms with van der Waals surface area (Å²) in [6, 6.07) is 0. The molecule has 0 spiro atoms. The van der Waals surface area contributed by atoms with Crippen LogP contribution in [-0.4, -0.2) is 25.7 Å². The van der Waals surface area contributed by atoms with E-state index in [9.17, 15) is 5.11 Å². The van der Waals surface area contributed by atoms with Crippen LogP contribution in [0.5, 0.6) is 0 Å². The van der Waals surface area contributed by atoms with Crippen LogP contribution in [0.15, 0.2) is 12.4 Å². The molecule has 0 amide bonds. The third-order valence-electron chi connectivity index (χ3n) is 9.94. The molecule has 1 N–H and O–H groups in total. The van der Waals surface area contributed by atoms with Gasteiger partial charge in [-0.25, -0.2) is 0 Å². The second kappa shape index (κ2) is 6.82. The van der Waals surface area contributed by atoms with E-state index in [1.807, 2.05) is 10.9 Å². The minimum atomic E-state index is -0.396. The molecular weight excluding hydrogens is 346 g/mol. The first-order valence-corrected chi connectivity index (χ1v) is 11.9. The Balaban J connectivity index is 1.31. The number of fused-ring (bicyclic) bond motifs is 5. The fraction of sp³-hybridized carbons (Fsp3) is 0.917. The fourth-order valence-corrected chi connectivity index (χ4v) is 8.81. The van der Waals surface area contributed by atoms with Gasteiger partial charge in [-0.05, 0) is 112 Å². The van der Waals surface area contributed by atoms with Crippen LogP contribution in [0.4, 0.5) is 0 Å². The van der Waals surface area contributed by atoms with Crippen molar-refractivity contribution >= 4 is 0 Å². The van der Waals surface area contributed by atoms with Crippen molar-refractivity contribution in [2.75, 3.05) is 0 Å². The molecule has 4 aliphatic rings. The molecule has 1 aromatic heterocycles. The van der Waals surface area contributed by atoms with Gasteiger partial charge in [-0.2, -0.15) is 0 Å². The molecule has 4 aliphatic carbocycles. The molecule has 0 aliphatic heterocycles. The molecular formula is C24H39N3O. The van der Waals surface area contributed by atoms with Crippen molar-refractivity contribution in [3.63, 3.8) is 0 Å². The van der Waals surface area contributed by atoms with Crippen molar-refractivity contribution in [3.8, 4) is 0 Å². The van der Waals surface area contributed by atoms with Gasteiger partial charge in [0.15, 0.2) is 0 Å². The normalized spacial score (nSPS) is 49.1. The first-order chi connectivity index (χ1) is 13.4. The summed E-state index contributed by atoms with van der Waals surface area (Å²) in [6.45, 7) is 8.18. The Labute approximate surface area is 170 Å². The van der Waals surface area contributed by atoms with Crippen molar-refractivity contribution in [2.45, 2.75) is 90.7 Å². The zero-order valence-corrected chi connectivity index (χ0v) is 18.1. The average molecular weight is 386 g/mol. The minimum absolute atomic E-state index is 0.396. The van der Waals surface area contributed by atoms with Gasteiger partial charge in [-0.15, -0.1) is 5.10 Å². The van der Waals surface area contributed by atoms with Gasteiger partial charge in [0.2, 0.25) is 0 Å². The molecule has 4 nitrogen and oxygen atoms in total. The summed E-state index contributed by atoms with van der Waals surface area (Å²) in [5, 5.41) is 18.8. The maximum Gasteiger partial charge on any atom is 0.0692 e. The van der Waals surface area contributed by atoms with Crippen LogP contribution in [-0.2, 0) is 6.54 Å². The van der Waals surface area contributed by atoms with Gasteiger partial charge in [-0.3, -0.25) is 4.68 Å². The molecule has 28 heavy (non-hydrogen) atoms. The molecule has 4 saturated carbocycles. The summed E-state index contributed by atoms with van der Waals surface area (Å²) in [4.78, 5) is 0. The monoisotopic (exact) mass is 385 g/mol. The average Bonchev–Trinajstić information content (AvgIpc) is 3.27. The lowest BCUT2D eigenvalue weighted by Gasteiger charge is -2.57. The van der Waals surface area contributed by atoms with E-state index in [2.05, 4.69) is 31.1 Å². The molecule has 4 fully saturated rings. The van der Waals surface area contributed by atoms with Gasteiger partial charge < -0.3 is 5.11 Å². The summed E-state index contributed by atoms with van der Waals surface area (Å²) in [7, 11) is 0. The molecule has 1 aromatic rings. The molecule has 0 unspecified atom stereocenters. The summed E-state index contributed by atoms with van der Waals surface area (Å²) < 4.78 is 2.03. The van der Waals surface area contributed by atoms with Crippen LogP contribution < -0.4 is 0 Å². The highest BCUT2D eigenvalue weighted by Gasteiger charge is 2.58. The highest BCUT2D eigenvalue weighted by Crippen LogP contribution is 2.65. The molecule has 4 heteroatoms. The number of nitrogens with zero attached hydrogens (tertiary/aromatic N) is 3. The number of aromatic nitrogens is 3. The second-order valence-corrected chi connectivity index (χ2v) is 11.5. The fourth-order valence-electron chi connectivity index (χ4n) is 8.81. The quantitative estimate of drug-likeness (QED) is 0.802. The van der Waals surface area contributed by atoms with E-state index in [1.54, 1.807) is 6.20 Å². The van der Waals surface area contributed by atoms with E-state index in [-0.39, 0.29) is 0 Å². The number of rotatable bonds is 3. The topological polar surface area (TPSA) is 50.9 Å². The zero-order chi connectivity index (χ0) is 19.5. The maximum absolute atomic E-state index is 10.6. The summed E-state index contributed by atoms with van der Waals surface area (Å²) in [5.74, 6) is 6.01. The largest absolute Gasteiger partial charge is 0.390 e. The standard InChI is InChI=1S/C24H39N3O/c1-16(15-27-13-12-25-26-27)21-6-7-22-20-5-4-17-14-23(2,28)10-8-18(17)19(20)9-11-24(21,22)3/h12-13,16-22,28H,4-11,14-15H2,1-3H3/t16-,17-,18-,19+,20+,21+,22-,23+,24+/m0/s1. The number of aliphatic hydroxyl groups is 1. The van der Waals surface area contributed by atoms with Crippen LogP contribution in [0.25, 0.3) is 0 Å². The van der Waals surface area contributed by atoms with Crippen LogP contribution in [0.1, 0.15) is 78.6 Å². The van der Waals surface area contributed by atoms with Crippen molar-refractivity contribution in [3.05, 3.63) is 12.4 Å². The van der Waals surface area contributed by atoms with Crippen LogP contribution in [0.3, 0.4) is 0 Å². The van der Waals surface area contributed by atoms with Crippen LogP contribution >= 0.6 is 0 Å². The molecule has 0 aromatic carbocycles. The van der Waals surface area contributed by atoms with E-state index in [0.29, 0.717) is 11.3 Å². The van der Waals surface area contributed by atoms with Gasteiger partial charge in [0.05, 0.1) is 11.8 Å². The van der Waals surface area contributed by atoms with E-state index in [4.69, 9.17) is 0 Å². The third-order valence-corrected chi connectivity index (χ3v) is 9.94. The first kappa shape index (κ1) is 19.1. The lowest BCUT2D eigenvalue weighted by molar-refractivity contribution is -0.103. The first-order valence-electron chi connectivity index (χ1n) is 11.9. The molecule has 156 valence electrons. The van der Waals surface area contributed by atoms with Crippen molar-refractivity contribution in [2.24, 2.45) is 46.8 Å². The van der Waals surface area contributed by atoms with Crippen molar-refractivity contribution in [1.29, 1.82) is 0 Å². The Morgan fingerprint density at radius 2 is 1.86 bits per heavy atom. The lowest BCUT2D eigenvalue weighted by atomic mass is 9.48. The SMILES string of the molecule is C[C@@H](Cn1ccnn1)[C@H]1CC[C@H]2[C@@H]3CC[C@H]4C[C@](C)(O)CC[C@@H]4[C@H]3CC[C@]12C. The maximum atomic E-state index is 10.6. The number of hydrogen-bond donors (Lipinski definition) is 1. The Morgan fingerprint density at radius 3 is 2.64 bits per heavy atom. The molecule has 9 atom stereocenters. The third kappa shape index (κ3) is 3.05.